The first-order valence-corrected chi connectivity index (χ1v) is 46.4. The number of benzene rings is 10. The van der Waals surface area contributed by atoms with Crippen LogP contribution in [0.2, 0.25) is 0 Å². The number of pyridine rings is 6. The van der Waals surface area contributed by atoms with E-state index < -0.39 is 10.8 Å². The first kappa shape index (κ1) is 91.5. The predicted molar refractivity (Wildman–Crippen MR) is 529 cm³/mol. The van der Waals surface area contributed by atoms with E-state index in [2.05, 4.69) is 454 Å². The van der Waals surface area contributed by atoms with Gasteiger partial charge in [0, 0.05) is 83.2 Å². The Morgan fingerprint density at radius 2 is 0.394 bits per heavy atom. The normalized spacial score (nSPS) is 12.1. The molecule has 0 atom stereocenters. The third-order valence-corrected chi connectivity index (χ3v) is 25.2. The molecular formula is C120H124N6O6+4. The second-order valence-corrected chi connectivity index (χ2v) is 38.6. The Bertz CT molecular complexity index is 5830. The first-order chi connectivity index (χ1) is 63.9. The summed E-state index contributed by atoms with van der Waals surface area (Å²) in [6.07, 6.45) is 20.9. The Balaban J connectivity index is 0.429. The zero-order valence-electron chi connectivity index (χ0n) is 78.6. The average Bonchev–Trinajstić information content (AvgIpc) is 0.733. The molecule has 0 spiro atoms. The summed E-state index contributed by atoms with van der Waals surface area (Å²) >= 11 is 0. The van der Waals surface area contributed by atoms with Crippen LogP contribution in [-0.4, -0.2) is 62.8 Å². The zero-order valence-corrected chi connectivity index (χ0v) is 78.6. The molecule has 666 valence electrons. The van der Waals surface area contributed by atoms with Crippen molar-refractivity contribution in [3.63, 3.8) is 0 Å². The van der Waals surface area contributed by atoms with Crippen molar-refractivity contribution in [3.8, 4) is 56.6 Å². The molecule has 6 aromatic heterocycles. The zero-order chi connectivity index (χ0) is 91.7. The van der Waals surface area contributed by atoms with Crippen LogP contribution in [-0.2, 0) is 68.1 Å². The van der Waals surface area contributed by atoms with Crippen molar-refractivity contribution in [1.29, 1.82) is 0 Å². The minimum atomic E-state index is -0.564. The van der Waals surface area contributed by atoms with E-state index in [4.69, 9.17) is 38.4 Å². The second-order valence-electron chi connectivity index (χ2n) is 38.6. The fourth-order valence-corrected chi connectivity index (χ4v) is 17.5. The molecule has 0 N–H and O–H groups in total. The molecule has 0 fully saturated rings. The fourth-order valence-electron chi connectivity index (χ4n) is 17.5. The molecule has 16 rings (SSSR count). The number of hydrogen-bond acceptors (Lipinski definition) is 8. The van der Waals surface area contributed by atoms with E-state index in [1.54, 1.807) is 0 Å². The van der Waals surface area contributed by atoms with Gasteiger partial charge in [-0.15, -0.1) is 0 Å². The van der Waals surface area contributed by atoms with Crippen molar-refractivity contribution in [2.75, 3.05) is 52.9 Å². The summed E-state index contributed by atoms with van der Waals surface area (Å²) in [4.78, 5) is 9.67. The summed E-state index contributed by atoms with van der Waals surface area (Å²) in [7, 11) is 0. The molecule has 0 saturated carbocycles. The molecule has 12 nitrogen and oxygen atoms in total. The lowest BCUT2D eigenvalue weighted by Gasteiger charge is -2.37. The van der Waals surface area contributed by atoms with Gasteiger partial charge in [-0.2, -0.15) is 0 Å². The van der Waals surface area contributed by atoms with Crippen LogP contribution in [0.1, 0.15) is 172 Å². The smallest absolute Gasteiger partial charge is 0.175 e. The van der Waals surface area contributed by atoms with Crippen LogP contribution in [0.4, 0.5) is 0 Å². The van der Waals surface area contributed by atoms with E-state index in [1.165, 1.54) is 77.9 Å². The maximum Gasteiger partial charge on any atom is 0.175 e. The lowest BCUT2D eigenvalue weighted by molar-refractivity contribution is -0.688. The van der Waals surface area contributed by atoms with Gasteiger partial charge in [0.15, 0.2) is 75.8 Å². The van der Waals surface area contributed by atoms with E-state index in [1.807, 2.05) is 36.7 Å². The first-order valence-electron chi connectivity index (χ1n) is 46.4. The Morgan fingerprint density at radius 1 is 0.197 bits per heavy atom. The SMILES string of the molecule is CC(C)(C)c1ccc(C(c2ccccc2)(c2ccc(OCCOCCOc3ccc(C[n+]4ccc(-c5cc[n+](Cc6ccc(-c7ccc(C[n+]8ccc(-c9cc[n+](Cc%10ccc(OCCOCCOc%11ccc(C(c%12ccccc%12)(c%12ccc(C(C)(C)C)cc%12)c%12ccc(C(C)(C)C)cc%12)cc%11)cc%10)cc9)cc8)cn7)nc6)cc5)cc4)cc3)cc2)c2ccc(C(C)(C)C)cc2)cc1. The van der Waals surface area contributed by atoms with Crippen LogP contribution in [0.25, 0.3) is 33.6 Å². The van der Waals surface area contributed by atoms with Gasteiger partial charge in [0.25, 0.3) is 0 Å². The minimum absolute atomic E-state index is 0.0366. The van der Waals surface area contributed by atoms with Gasteiger partial charge in [0.05, 0.1) is 48.6 Å². The topological polar surface area (TPSA) is 96.7 Å². The van der Waals surface area contributed by atoms with Crippen LogP contribution in [0.5, 0.6) is 23.0 Å². The Kier molecular flexibility index (Phi) is 28.5. The van der Waals surface area contributed by atoms with Gasteiger partial charge in [-0.1, -0.05) is 265 Å². The summed E-state index contributed by atoms with van der Waals surface area (Å²) < 4.78 is 45.4. The highest BCUT2D eigenvalue weighted by Crippen LogP contribution is 2.49. The van der Waals surface area contributed by atoms with Crippen molar-refractivity contribution in [3.05, 3.63) is 479 Å². The molecule has 16 aromatic rings. The van der Waals surface area contributed by atoms with Gasteiger partial charge in [-0.3, -0.25) is 9.97 Å². The number of rotatable bonds is 35. The van der Waals surface area contributed by atoms with Crippen LogP contribution in [0.3, 0.4) is 0 Å². The van der Waals surface area contributed by atoms with E-state index in [0.29, 0.717) is 65.9 Å². The quantitative estimate of drug-likeness (QED) is 0.0220. The van der Waals surface area contributed by atoms with Crippen LogP contribution in [0, 0.1) is 0 Å². The lowest BCUT2D eigenvalue weighted by Crippen LogP contribution is -2.33. The Hall–Kier alpha value is -13.8. The molecule has 0 aliphatic rings. The molecule has 132 heavy (non-hydrogen) atoms. The number of ether oxygens (including phenoxy) is 6. The van der Waals surface area contributed by atoms with E-state index in [-0.39, 0.29) is 21.7 Å². The molecule has 0 aliphatic carbocycles. The highest BCUT2D eigenvalue weighted by Gasteiger charge is 2.41. The average molecular weight is 1750 g/mol. The van der Waals surface area contributed by atoms with Gasteiger partial charge >= 0.3 is 0 Å². The van der Waals surface area contributed by atoms with Gasteiger partial charge in [-0.25, -0.2) is 18.3 Å². The molecule has 0 aliphatic heterocycles. The Morgan fingerprint density at radius 3 is 0.614 bits per heavy atom. The molecule has 0 unspecified atom stereocenters. The third kappa shape index (κ3) is 22.4. The summed E-state index contributed by atoms with van der Waals surface area (Å²) in [5.41, 5.74) is 24.7. The van der Waals surface area contributed by atoms with Crippen molar-refractivity contribution >= 4 is 0 Å². The molecule has 6 heterocycles. The summed E-state index contributed by atoms with van der Waals surface area (Å²) in [5, 5.41) is 0. The van der Waals surface area contributed by atoms with Crippen molar-refractivity contribution < 1.29 is 46.7 Å². The molecule has 0 amide bonds. The van der Waals surface area contributed by atoms with E-state index >= 15 is 0 Å². The van der Waals surface area contributed by atoms with Gasteiger partial charge in [0.2, 0.25) is 0 Å². The third-order valence-electron chi connectivity index (χ3n) is 25.2. The maximum atomic E-state index is 6.26. The molecule has 12 heteroatoms. The van der Waals surface area contributed by atoms with Crippen molar-refractivity contribution in [1.82, 2.24) is 9.97 Å². The van der Waals surface area contributed by atoms with Crippen LogP contribution in [0.15, 0.2) is 390 Å². The molecule has 0 radical (unpaired) electrons. The number of hydrogen-bond donors (Lipinski definition) is 0. The van der Waals surface area contributed by atoms with Gasteiger partial charge in [0.1, 0.15) is 49.4 Å². The Labute approximate surface area is 781 Å². The van der Waals surface area contributed by atoms with E-state index in [9.17, 15) is 0 Å². The molecular weight excluding hydrogens is 1620 g/mol. The minimum Gasteiger partial charge on any atom is -0.491 e. The molecule has 10 aromatic carbocycles. The number of aromatic nitrogens is 6. The summed E-state index contributed by atoms with van der Waals surface area (Å²) in [6, 6.07) is 118. The van der Waals surface area contributed by atoms with E-state index in [0.717, 1.165) is 80.9 Å². The van der Waals surface area contributed by atoms with Crippen molar-refractivity contribution in [2.24, 2.45) is 0 Å². The molecule has 0 saturated heterocycles. The predicted octanol–water partition coefficient (Wildman–Crippen LogP) is 23.7. The van der Waals surface area contributed by atoms with Crippen LogP contribution < -0.4 is 37.2 Å². The fraction of sp³-hybridized carbons (Fsp3) is 0.250. The second kappa shape index (κ2) is 41.1. The summed E-state index contributed by atoms with van der Waals surface area (Å²) in [6.45, 7) is 33.6. The largest absolute Gasteiger partial charge is 0.491 e. The maximum absolute atomic E-state index is 6.26. The standard InChI is InChI=1S/C120H124N6O6/c1-115(2,3)97-29-37-103(38-30-97)119(101-19-15-13-16-20-101,104-39-31-98(32-40-104)116(4,5)6)107-45-53-111(54-46-107)131-81-77-127-75-79-129-109-49-23-89(24-50-109)85-123-67-59-93(60-68-123)95-63-71-125(72-64-95)87-91-27-57-113(121-83-91)114-58-28-92(84-122-114)88-126-73-65-96(66-74-126)94-61-69-124(70-62-94)86-90-25-51-110(52-26-90)130-80-76-128-78-82-132-112-55-47-108(48-56-112)120(102-21-17-14-18-22-102,105-41-33-99(34-42-105)117(7,8)9)106-43-35-100(36-44-106)118(10,11)12/h13-74,83-84H,75-82,85-88H2,1-12H3/q+4. The molecule has 0 bridgehead atoms. The van der Waals surface area contributed by atoms with Gasteiger partial charge < -0.3 is 28.4 Å². The highest BCUT2D eigenvalue weighted by atomic mass is 16.6. The van der Waals surface area contributed by atoms with Crippen molar-refractivity contribution in [2.45, 2.75) is 142 Å². The number of nitrogens with zero attached hydrogens (tertiary/aromatic N) is 6. The highest BCUT2D eigenvalue weighted by molar-refractivity contribution is 5.65. The summed E-state index contributed by atoms with van der Waals surface area (Å²) in [5.74, 6) is 3.22. The lowest BCUT2D eigenvalue weighted by atomic mass is 9.64. The van der Waals surface area contributed by atoms with Crippen LogP contribution >= 0.6 is 0 Å². The monoisotopic (exact) mass is 1740 g/mol. The van der Waals surface area contributed by atoms with Gasteiger partial charge in [-0.05, 0) is 208 Å².